The third-order valence-electron chi connectivity index (χ3n) is 4.46. The van der Waals surface area contributed by atoms with Crippen molar-refractivity contribution in [2.75, 3.05) is 12.3 Å². The summed E-state index contributed by atoms with van der Waals surface area (Å²) in [6, 6.07) is 13.8. The van der Waals surface area contributed by atoms with Gasteiger partial charge in [0.05, 0.1) is 19.4 Å². The summed E-state index contributed by atoms with van der Waals surface area (Å²) in [6.07, 6.45) is 2.13. The summed E-state index contributed by atoms with van der Waals surface area (Å²) in [5, 5.41) is 0. The van der Waals surface area contributed by atoms with Gasteiger partial charge in [-0.25, -0.2) is 9.37 Å². The smallest absolute Gasteiger partial charge is 0.320 e. The van der Waals surface area contributed by atoms with E-state index >= 15 is 0 Å². The van der Waals surface area contributed by atoms with Gasteiger partial charge in [-0.2, -0.15) is 9.97 Å². The summed E-state index contributed by atoms with van der Waals surface area (Å²) in [6.45, 7) is 1.98. The highest BCUT2D eigenvalue weighted by atomic mass is 19.1. The number of halogens is 1. The number of nitrogens with zero attached hydrogens (tertiary/aromatic N) is 4. The van der Waals surface area contributed by atoms with Crippen LogP contribution in [0.1, 0.15) is 18.9 Å². The van der Waals surface area contributed by atoms with Gasteiger partial charge < -0.3 is 19.5 Å². The molecule has 3 aromatic heterocycles. The zero-order valence-electron chi connectivity index (χ0n) is 16.1. The minimum absolute atomic E-state index is 0.0659. The summed E-state index contributed by atoms with van der Waals surface area (Å²) in [5.41, 5.74) is 8.15. The van der Waals surface area contributed by atoms with Crippen LogP contribution in [0.3, 0.4) is 0 Å². The fourth-order valence-electron chi connectivity index (χ4n) is 3.17. The maximum absolute atomic E-state index is 13.8. The zero-order chi connectivity index (χ0) is 20.2. The van der Waals surface area contributed by atoms with Crippen molar-refractivity contribution in [3.8, 4) is 17.6 Å². The number of alkyl halides is 1. The Morgan fingerprint density at radius 1 is 1.14 bits per heavy atom. The van der Waals surface area contributed by atoms with Crippen LogP contribution >= 0.6 is 0 Å². The Morgan fingerprint density at radius 2 is 1.97 bits per heavy atom. The van der Waals surface area contributed by atoms with E-state index in [1.807, 2.05) is 18.2 Å². The Bertz CT molecular complexity index is 1080. The van der Waals surface area contributed by atoms with Crippen molar-refractivity contribution >= 4 is 17.0 Å². The lowest BCUT2D eigenvalue weighted by Gasteiger charge is -2.09. The van der Waals surface area contributed by atoms with Gasteiger partial charge in [-0.15, -0.1) is 0 Å². The van der Waals surface area contributed by atoms with Gasteiger partial charge >= 0.3 is 6.01 Å². The van der Waals surface area contributed by atoms with E-state index in [0.717, 1.165) is 12.8 Å². The first-order valence-electron chi connectivity index (χ1n) is 9.50. The number of rotatable bonds is 8. The van der Waals surface area contributed by atoms with E-state index in [-0.39, 0.29) is 18.4 Å². The van der Waals surface area contributed by atoms with Crippen molar-refractivity contribution in [1.82, 2.24) is 19.5 Å². The van der Waals surface area contributed by atoms with E-state index in [4.69, 9.17) is 14.9 Å². The van der Waals surface area contributed by atoms with Gasteiger partial charge in [-0.3, -0.25) is 0 Å². The van der Waals surface area contributed by atoms with Crippen LogP contribution in [0, 0.1) is 0 Å². The molecule has 29 heavy (non-hydrogen) atoms. The van der Waals surface area contributed by atoms with Crippen LogP contribution in [0.5, 0.6) is 6.01 Å². The number of fused-ring (bicyclic) bond motifs is 1. The molecule has 7 nitrogen and oxygen atoms in total. The summed E-state index contributed by atoms with van der Waals surface area (Å²) in [7, 11) is 0. The third-order valence-corrected chi connectivity index (χ3v) is 4.46. The molecule has 0 bridgehead atoms. The number of benzene rings is 1. The van der Waals surface area contributed by atoms with Crippen LogP contribution in [0.25, 0.3) is 22.7 Å². The first-order chi connectivity index (χ1) is 14.1. The topological polar surface area (TPSA) is 92.0 Å². The number of aryl methyl sites for hydroxylation is 1. The SMILES string of the molecule is CC(F)Cn1c(-c2ccco2)nc2c(N)nc(OCCCc3ccccc3)nc21. The Morgan fingerprint density at radius 3 is 2.69 bits per heavy atom. The monoisotopic (exact) mass is 395 g/mol. The van der Waals surface area contributed by atoms with Gasteiger partial charge in [-0.05, 0) is 37.5 Å². The summed E-state index contributed by atoms with van der Waals surface area (Å²) < 4.78 is 26.6. The molecule has 150 valence electrons. The summed E-state index contributed by atoms with van der Waals surface area (Å²) >= 11 is 0. The van der Waals surface area contributed by atoms with E-state index in [9.17, 15) is 4.39 Å². The molecule has 8 heteroatoms. The van der Waals surface area contributed by atoms with Crippen molar-refractivity contribution in [1.29, 1.82) is 0 Å². The van der Waals surface area contributed by atoms with Gasteiger partial charge in [0.25, 0.3) is 0 Å². The van der Waals surface area contributed by atoms with Gasteiger partial charge in [0.2, 0.25) is 0 Å². The molecular weight excluding hydrogens is 373 g/mol. The van der Waals surface area contributed by atoms with Crippen molar-refractivity contribution in [2.24, 2.45) is 0 Å². The maximum Gasteiger partial charge on any atom is 0.320 e. The molecule has 0 radical (unpaired) electrons. The third kappa shape index (κ3) is 4.21. The molecule has 4 aromatic rings. The molecule has 1 unspecified atom stereocenters. The Labute approximate surface area is 167 Å². The number of ether oxygens (including phenoxy) is 1. The number of aromatic nitrogens is 4. The molecule has 1 atom stereocenters. The Kier molecular flexibility index (Phi) is 5.41. The van der Waals surface area contributed by atoms with Crippen molar-refractivity contribution in [3.05, 3.63) is 54.3 Å². The molecule has 3 heterocycles. The fraction of sp³-hybridized carbons (Fsp3) is 0.286. The molecular formula is C21H22FN5O2. The number of imidazole rings is 1. The zero-order valence-corrected chi connectivity index (χ0v) is 16.1. The second-order valence-corrected chi connectivity index (χ2v) is 6.81. The van der Waals surface area contributed by atoms with Crippen molar-refractivity contribution in [3.63, 3.8) is 0 Å². The summed E-state index contributed by atoms with van der Waals surface area (Å²) in [4.78, 5) is 13.1. The van der Waals surface area contributed by atoms with E-state index in [2.05, 4.69) is 27.1 Å². The molecule has 0 fully saturated rings. The van der Waals surface area contributed by atoms with E-state index in [1.54, 1.807) is 16.7 Å². The highest BCUT2D eigenvalue weighted by Gasteiger charge is 2.21. The number of nitrogen functional groups attached to an aromatic ring is 1. The first kappa shape index (κ1) is 18.9. The molecule has 0 aliphatic heterocycles. The van der Waals surface area contributed by atoms with Crippen molar-refractivity contribution in [2.45, 2.75) is 32.5 Å². The van der Waals surface area contributed by atoms with Gasteiger partial charge in [-0.1, -0.05) is 30.3 Å². The molecule has 0 amide bonds. The van der Waals surface area contributed by atoms with Crippen LogP contribution in [-0.4, -0.2) is 32.3 Å². The van der Waals surface area contributed by atoms with Crippen LogP contribution in [0.15, 0.2) is 53.1 Å². The largest absolute Gasteiger partial charge is 0.463 e. The molecule has 4 rings (SSSR count). The maximum atomic E-state index is 13.8. The fourth-order valence-corrected chi connectivity index (χ4v) is 3.17. The second-order valence-electron chi connectivity index (χ2n) is 6.81. The van der Waals surface area contributed by atoms with Crippen LogP contribution < -0.4 is 10.5 Å². The Hall–Kier alpha value is -3.42. The molecule has 0 saturated heterocycles. The predicted octanol–water partition coefficient (Wildman–Crippen LogP) is 4.04. The predicted molar refractivity (Wildman–Crippen MR) is 108 cm³/mol. The molecule has 0 spiro atoms. The van der Waals surface area contributed by atoms with E-state index in [0.29, 0.717) is 29.4 Å². The van der Waals surface area contributed by atoms with Gasteiger partial charge in [0.1, 0.15) is 6.17 Å². The normalized spacial score (nSPS) is 12.3. The van der Waals surface area contributed by atoms with E-state index in [1.165, 1.54) is 18.8 Å². The highest BCUT2D eigenvalue weighted by molar-refractivity contribution is 5.85. The summed E-state index contributed by atoms with van der Waals surface area (Å²) in [5.74, 6) is 1.15. The average Bonchev–Trinajstić information content (AvgIpc) is 3.35. The standard InChI is InChI=1S/C21H22FN5O2/c1-14(22)13-27-19(16-10-6-11-28-16)24-17-18(23)25-21(26-20(17)27)29-12-5-9-15-7-3-2-4-8-15/h2-4,6-8,10-11,14H,5,9,12-13H2,1H3,(H2,23,25,26). The minimum Gasteiger partial charge on any atom is -0.463 e. The van der Waals surface area contributed by atoms with Crippen molar-refractivity contribution < 1.29 is 13.5 Å². The number of hydrogen-bond donors (Lipinski definition) is 1. The molecule has 1 aromatic carbocycles. The Balaban J connectivity index is 1.58. The first-order valence-corrected chi connectivity index (χ1v) is 9.50. The lowest BCUT2D eigenvalue weighted by molar-refractivity contribution is 0.287. The molecule has 0 saturated carbocycles. The number of hydrogen-bond acceptors (Lipinski definition) is 6. The van der Waals surface area contributed by atoms with E-state index < -0.39 is 6.17 Å². The highest BCUT2D eigenvalue weighted by Crippen LogP contribution is 2.28. The van der Waals surface area contributed by atoms with Gasteiger partial charge in [0, 0.05) is 0 Å². The lowest BCUT2D eigenvalue weighted by atomic mass is 10.1. The second kappa shape index (κ2) is 8.30. The molecule has 2 N–H and O–H groups in total. The average molecular weight is 395 g/mol. The number of furan rings is 1. The number of nitrogens with two attached hydrogens (primary N) is 1. The molecule has 0 aliphatic carbocycles. The van der Waals surface area contributed by atoms with Gasteiger partial charge in [0.15, 0.2) is 28.6 Å². The van der Waals surface area contributed by atoms with Crippen LogP contribution in [0.4, 0.5) is 10.2 Å². The lowest BCUT2D eigenvalue weighted by Crippen LogP contribution is -2.11. The quantitative estimate of drug-likeness (QED) is 0.453. The molecule has 0 aliphatic rings. The minimum atomic E-state index is -1.10. The van der Waals surface area contributed by atoms with Crippen LogP contribution in [0.2, 0.25) is 0 Å². The van der Waals surface area contributed by atoms with Crippen LogP contribution in [-0.2, 0) is 13.0 Å². The number of anilines is 1.